The second-order valence-corrected chi connectivity index (χ2v) is 6.00. The highest BCUT2D eigenvalue weighted by atomic mass is 35.5. The number of hydrogen-bond donors (Lipinski definition) is 1. The van der Waals surface area contributed by atoms with Crippen LogP contribution in [0, 0.1) is 5.92 Å². The maximum Gasteiger partial charge on any atom is 0.244 e. The fraction of sp³-hybridized carbons (Fsp3) is 0.500. The minimum atomic E-state index is -0.269. The third-order valence-corrected chi connectivity index (χ3v) is 4.13. The van der Waals surface area contributed by atoms with E-state index in [1.807, 2.05) is 0 Å². The summed E-state index contributed by atoms with van der Waals surface area (Å²) in [4.78, 5) is 25.8. The molecule has 0 heterocycles. The normalized spacial score (nSPS) is 14.7. The van der Waals surface area contributed by atoms with Crippen LogP contribution in [0.1, 0.15) is 25.7 Å². The van der Waals surface area contributed by atoms with Gasteiger partial charge in [0, 0.05) is 18.0 Å². The van der Waals surface area contributed by atoms with Crippen molar-refractivity contribution in [2.75, 3.05) is 26.0 Å². The van der Waals surface area contributed by atoms with Gasteiger partial charge in [-0.3, -0.25) is 9.59 Å². The zero-order valence-electron chi connectivity index (χ0n) is 12.9. The molecule has 0 unspecified atom stereocenters. The maximum atomic E-state index is 12.2. The molecule has 1 fully saturated rings. The Bertz CT molecular complexity index is 556. The van der Waals surface area contributed by atoms with Crippen molar-refractivity contribution in [3.63, 3.8) is 0 Å². The van der Waals surface area contributed by atoms with Gasteiger partial charge in [-0.15, -0.1) is 0 Å². The zero-order chi connectivity index (χ0) is 16.1. The van der Waals surface area contributed by atoms with E-state index in [-0.39, 0.29) is 24.3 Å². The van der Waals surface area contributed by atoms with E-state index in [0.717, 1.165) is 25.7 Å². The van der Waals surface area contributed by atoms with Crippen molar-refractivity contribution >= 4 is 29.1 Å². The number of methoxy groups -OCH3 is 1. The van der Waals surface area contributed by atoms with E-state index in [0.29, 0.717) is 16.5 Å². The lowest BCUT2D eigenvalue weighted by Crippen LogP contribution is -2.38. The van der Waals surface area contributed by atoms with Gasteiger partial charge in [0.2, 0.25) is 11.8 Å². The molecule has 0 atom stereocenters. The third kappa shape index (κ3) is 4.13. The molecule has 1 saturated carbocycles. The molecule has 0 spiro atoms. The summed E-state index contributed by atoms with van der Waals surface area (Å²) in [6, 6.07) is 4.99. The van der Waals surface area contributed by atoms with Crippen LogP contribution in [0.15, 0.2) is 18.2 Å². The number of carbonyl (C=O) groups is 2. The Hall–Kier alpha value is -1.75. The highest BCUT2D eigenvalue weighted by Gasteiger charge is 2.26. The largest absolute Gasteiger partial charge is 0.495 e. The summed E-state index contributed by atoms with van der Waals surface area (Å²) in [5.74, 6) is 0.376. The van der Waals surface area contributed by atoms with E-state index in [1.165, 1.54) is 12.0 Å². The Morgan fingerprint density at radius 3 is 2.68 bits per heavy atom. The summed E-state index contributed by atoms with van der Waals surface area (Å²) < 4.78 is 5.18. The van der Waals surface area contributed by atoms with Crippen LogP contribution in [0.2, 0.25) is 5.02 Å². The molecule has 0 bridgehead atoms. The van der Waals surface area contributed by atoms with Crippen molar-refractivity contribution in [3.05, 3.63) is 23.2 Å². The molecule has 1 aliphatic rings. The molecule has 1 N–H and O–H groups in total. The average molecular weight is 325 g/mol. The number of benzene rings is 1. The summed E-state index contributed by atoms with van der Waals surface area (Å²) >= 11 is 5.93. The number of anilines is 1. The number of amides is 2. The Labute approximate surface area is 135 Å². The smallest absolute Gasteiger partial charge is 0.244 e. The fourth-order valence-electron chi connectivity index (χ4n) is 2.75. The molecule has 5 nitrogen and oxygen atoms in total. The summed E-state index contributed by atoms with van der Waals surface area (Å²) in [5.41, 5.74) is 0.502. The summed E-state index contributed by atoms with van der Waals surface area (Å²) in [5, 5.41) is 3.24. The van der Waals surface area contributed by atoms with Crippen LogP contribution in [0.3, 0.4) is 0 Å². The van der Waals surface area contributed by atoms with Crippen LogP contribution in [-0.4, -0.2) is 37.4 Å². The summed E-state index contributed by atoms with van der Waals surface area (Å²) in [6.07, 6.45) is 4.03. The SMILES string of the molecule is COc1ccc(Cl)cc1NC(=O)CN(C)C(=O)C1CCCC1. The molecule has 6 heteroatoms. The first-order chi connectivity index (χ1) is 10.5. The average Bonchev–Trinajstić information content (AvgIpc) is 3.00. The Kier molecular flexibility index (Phi) is 5.66. The van der Waals surface area contributed by atoms with Gasteiger partial charge in [-0.1, -0.05) is 24.4 Å². The first kappa shape index (κ1) is 16.6. The Morgan fingerprint density at radius 2 is 2.05 bits per heavy atom. The van der Waals surface area contributed by atoms with Gasteiger partial charge in [0.05, 0.1) is 19.3 Å². The number of nitrogens with zero attached hydrogens (tertiary/aromatic N) is 1. The molecule has 1 aliphatic carbocycles. The predicted molar refractivity (Wildman–Crippen MR) is 86.2 cm³/mol. The second kappa shape index (κ2) is 7.49. The van der Waals surface area contributed by atoms with E-state index in [1.54, 1.807) is 25.2 Å². The lowest BCUT2D eigenvalue weighted by Gasteiger charge is -2.20. The molecule has 120 valence electrons. The number of ether oxygens (including phenoxy) is 1. The fourth-order valence-corrected chi connectivity index (χ4v) is 2.92. The lowest BCUT2D eigenvalue weighted by atomic mass is 10.1. The molecule has 1 aromatic rings. The van der Waals surface area contributed by atoms with Crippen molar-refractivity contribution in [1.82, 2.24) is 4.90 Å². The molecule has 1 aromatic carbocycles. The van der Waals surface area contributed by atoms with Crippen molar-refractivity contribution in [2.45, 2.75) is 25.7 Å². The van der Waals surface area contributed by atoms with Gasteiger partial charge < -0.3 is 15.0 Å². The number of halogens is 1. The van der Waals surface area contributed by atoms with E-state index < -0.39 is 0 Å². The van der Waals surface area contributed by atoms with E-state index in [2.05, 4.69) is 5.32 Å². The molecule has 0 aromatic heterocycles. The van der Waals surface area contributed by atoms with Crippen molar-refractivity contribution < 1.29 is 14.3 Å². The second-order valence-electron chi connectivity index (χ2n) is 5.57. The lowest BCUT2D eigenvalue weighted by molar-refractivity contribution is -0.136. The van der Waals surface area contributed by atoms with Crippen molar-refractivity contribution in [3.8, 4) is 5.75 Å². The van der Waals surface area contributed by atoms with Gasteiger partial charge in [-0.05, 0) is 31.0 Å². The predicted octanol–water partition coefficient (Wildman–Crippen LogP) is 2.94. The highest BCUT2D eigenvalue weighted by molar-refractivity contribution is 6.31. The van der Waals surface area contributed by atoms with Crippen LogP contribution in [-0.2, 0) is 9.59 Å². The van der Waals surface area contributed by atoms with Gasteiger partial charge >= 0.3 is 0 Å². The molecule has 0 radical (unpaired) electrons. The number of nitrogens with one attached hydrogen (secondary N) is 1. The van der Waals surface area contributed by atoms with Crippen LogP contribution < -0.4 is 10.1 Å². The minimum absolute atomic E-state index is 0.0189. The van der Waals surface area contributed by atoms with Crippen molar-refractivity contribution in [1.29, 1.82) is 0 Å². The van der Waals surface area contributed by atoms with E-state index in [4.69, 9.17) is 16.3 Å². The summed E-state index contributed by atoms with van der Waals surface area (Å²) in [7, 11) is 3.18. The number of rotatable bonds is 5. The Morgan fingerprint density at radius 1 is 1.36 bits per heavy atom. The van der Waals surface area contributed by atoms with Crippen LogP contribution in [0.5, 0.6) is 5.75 Å². The molecule has 2 amide bonds. The van der Waals surface area contributed by atoms with Crippen molar-refractivity contribution in [2.24, 2.45) is 5.92 Å². The number of carbonyl (C=O) groups excluding carboxylic acids is 2. The molecule has 2 rings (SSSR count). The van der Waals surface area contributed by atoms with Crippen LogP contribution in [0.25, 0.3) is 0 Å². The molecule has 0 aliphatic heterocycles. The van der Waals surface area contributed by atoms with Crippen LogP contribution >= 0.6 is 11.6 Å². The molecular formula is C16H21ClN2O3. The molecule has 0 saturated heterocycles. The number of hydrogen-bond acceptors (Lipinski definition) is 3. The molecular weight excluding hydrogens is 304 g/mol. The zero-order valence-corrected chi connectivity index (χ0v) is 13.7. The maximum absolute atomic E-state index is 12.2. The standard InChI is InChI=1S/C16H21ClN2O3/c1-19(16(21)11-5-3-4-6-11)10-15(20)18-13-9-12(17)7-8-14(13)22-2/h7-9,11H,3-6,10H2,1-2H3,(H,18,20). The van der Waals surface area contributed by atoms with Gasteiger partial charge in [0.15, 0.2) is 0 Å². The van der Waals surface area contributed by atoms with E-state index >= 15 is 0 Å². The monoisotopic (exact) mass is 324 g/mol. The minimum Gasteiger partial charge on any atom is -0.495 e. The first-order valence-corrected chi connectivity index (χ1v) is 7.77. The number of likely N-dealkylation sites (N-methyl/N-ethyl adjacent to an activating group) is 1. The quantitative estimate of drug-likeness (QED) is 0.906. The van der Waals surface area contributed by atoms with Gasteiger partial charge in [-0.2, -0.15) is 0 Å². The molecule has 22 heavy (non-hydrogen) atoms. The first-order valence-electron chi connectivity index (χ1n) is 7.39. The summed E-state index contributed by atoms with van der Waals surface area (Å²) in [6.45, 7) is 0.0189. The van der Waals surface area contributed by atoms with Gasteiger partial charge in [0.25, 0.3) is 0 Å². The van der Waals surface area contributed by atoms with Gasteiger partial charge in [0.1, 0.15) is 5.75 Å². The Balaban J connectivity index is 1.95. The highest BCUT2D eigenvalue weighted by Crippen LogP contribution is 2.28. The van der Waals surface area contributed by atoms with Gasteiger partial charge in [-0.25, -0.2) is 0 Å². The third-order valence-electron chi connectivity index (χ3n) is 3.90. The topological polar surface area (TPSA) is 58.6 Å². The van der Waals surface area contributed by atoms with E-state index in [9.17, 15) is 9.59 Å². The van der Waals surface area contributed by atoms with Crippen LogP contribution in [0.4, 0.5) is 5.69 Å².